The largest absolute Gasteiger partial charge is 0.493 e. The van der Waals surface area contributed by atoms with Gasteiger partial charge in [-0.15, -0.1) is 0 Å². The summed E-state index contributed by atoms with van der Waals surface area (Å²) in [5, 5.41) is 2.96. The fourth-order valence-electron chi connectivity index (χ4n) is 3.68. The van der Waals surface area contributed by atoms with Gasteiger partial charge in [-0.3, -0.25) is 4.79 Å². The molecule has 0 saturated carbocycles. The number of amides is 1. The van der Waals surface area contributed by atoms with E-state index >= 15 is 0 Å². The molecule has 3 rings (SSSR count). The van der Waals surface area contributed by atoms with E-state index in [1.807, 2.05) is 19.1 Å². The predicted octanol–water partition coefficient (Wildman–Crippen LogP) is 3.51. The lowest BCUT2D eigenvalue weighted by Crippen LogP contribution is -2.36. The van der Waals surface area contributed by atoms with E-state index in [1.54, 1.807) is 48.9 Å². The summed E-state index contributed by atoms with van der Waals surface area (Å²) in [6, 6.07) is 12.0. The summed E-state index contributed by atoms with van der Waals surface area (Å²) in [5.41, 5.74) is 2.04. The Hall–Kier alpha value is -2.58. The van der Waals surface area contributed by atoms with Gasteiger partial charge in [0.15, 0.2) is 11.5 Å². The van der Waals surface area contributed by atoms with E-state index in [0.29, 0.717) is 35.7 Å². The monoisotopic (exact) mass is 446 g/mol. The number of nitrogens with one attached hydrogen (secondary N) is 1. The van der Waals surface area contributed by atoms with Gasteiger partial charge in [-0.25, -0.2) is 12.7 Å². The van der Waals surface area contributed by atoms with Crippen molar-refractivity contribution in [2.75, 3.05) is 27.3 Å². The van der Waals surface area contributed by atoms with Crippen LogP contribution in [-0.2, 0) is 15.8 Å². The average Bonchev–Trinajstić information content (AvgIpc) is 2.79. The summed E-state index contributed by atoms with van der Waals surface area (Å²) < 4.78 is 37.3. The molecule has 1 heterocycles. The number of carbonyl (C=O) groups is 1. The Balaban J connectivity index is 1.63. The molecule has 1 unspecified atom stereocenters. The Morgan fingerprint density at radius 1 is 1.00 bits per heavy atom. The second kappa shape index (κ2) is 10.2. The summed E-state index contributed by atoms with van der Waals surface area (Å²) in [7, 11) is -0.185. The van der Waals surface area contributed by atoms with Crippen LogP contribution in [0.25, 0.3) is 0 Å². The molecule has 168 valence electrons. The Morgan fingerprint density at radius 3 is 2.26 bits per heavy atom. The molecule has 1 atom stereocenters. The number of sulfonamides is 1. The van der Waals surface area contributed by atoms with Crippen LogP contribution in [-0.4, -0.2) is 45.9 Å². The second-order valence-electron chi connectivity index (χ2n) is 7.72. The molecule has 0 radical (unpaired) electrons. The van der Waals surface area contributed by atoms with E-state index in [4.69, 9.17) is 9.47 Å². The van der Waals surface area contributed by atoms with Crippen LogP contribution < -0.4 is 14.8 Å². The third-order valence-corrected chi connectivity index (χ3v) is 7.38. The van der Waals surface area contributed by atoms with Crippen molar-refractivity contribution in [3.63, 3.8) is 0 Å². The maximum Gasteiger partial charge on any atom is 0.251 e. The fourth-order valence-corrected chi connectivity index (χ4v) is 5.29. The van der Waals surface area contributed by atoms with Gasteiger partial charge in [-0.1, -0.05) is 24.6 Å². The van der Waals surface area contributed by atoms with Crippen LogP contribution in [0.2, 0.25) is 0 Å². The van der Waals surface area contributed by atoms with Crippen molar-refractivity contribution in [3.8, 4) is 11.5 Å². The number of hydrogen-bond acceptors (Lipinski definition) is 5. The van der Waals surface area contributed by atoms with Gasteiger partial charge in [-0.2, -0.15) is 0 Å². The van der Waals surface area contributed by atoms with E-state index in [0.717, 1.165) is 24.8 Å². The highest BCUT2D eigenvalue weighted by molar-refractivity contribution is 7.88. The Labute approximate surface area is 184 Å². The molecule has 1 N–H and O–H groups in total. The van der Waals surface area contributed by atoms with E-state index < -0.39 is 10.0 Å². The smallest absolute Gasteiger partial charge is 0.251 e. The number of hydrogen-bond donors (Lipinski definition) is 1. The molecule has 1 fully saturated rings. The highest BCUT2D eigenvalue weighted by Gasteiger charge is 2.24. The van der Waals surface area contributed by atoms with Gasteiger partial charge >= 0.3 is 0 Å². The van der Waals surface area contributed by atoms with Gasteiger partial charge < -0.3 is 14.8 Å². The molecule has 0 spiro atoms. The van der Waals surface area contributed by atoms with Crippen LogP contribution in [0.4, 0.5) is 0 Å². The molecule has 2 aromatic rings. The topological polar surface area (TPSA) is 84.9 Å². The van der Waals surface area contributed by atoms with Gasteiger partial charge in [0.05, 0.1) is 26.0 Å². The minimum Gasteiger partial charge on any atom is -0.493 e. The van der Waals surface area contributed by atoms with Gasteiger partial charge in [0.2, 0.25) is 10.0 Å². The standard InChI is InChI=1S/C23H30N2O5S/c1-17(20-11-12-21(29-2)22(15-20)30-3)24-23(26)19-9-7-18(8-10-19)16-31(27,28)25-13-5-4-6-14-25/h7-12,15,17H,4-6,13-14,16H2,1-3H3,(H,24,26). The molecule has 1 amide bonds. The van der Waals surface area contributed by atoms with Crippen molar-refractivity contribution >= 4 is 15.9 Å². The van der Waals surface area contributed by atoms with Crippen molar-refractivity contribution in [2.24, 2.45) is 0 Å². The summed E-state index contributed by atoms with van der Waals surface area (Å²) in [4.78, 5) is 12.7. The molecule has 1 saturated heterocycles. The number of carbonyl (C=O) groups excluding carboxylic acids is 1. The van der Waals surface area contributed by atoms with Crippen LogP contribution in [0.3, 0.4) is 0 Å². The normalized spacial score (nSPS) is 15.8. The first-order chi connectivity index (χ1) is 14.8. The molecule has 31 heavy (non-hydrogen) atoms. The molecule has 8 heteroatoms. The first-order valence-electron chi connectivity index (χ1n) is 10.4. The van der Waals surface area contributed by atoms with Crippen LogP contribution in [0.5, 0.6) is 11.5 Å². The highest BCUT2D eigenvalue weighted by Crippen LogP contribution is 2.30. The van der Waals surface area contributed by atoms with Crippen LogP contribution in [0.15, 0.2) is 42.5 Å². The summed E-state index contributed by atoms with van der Waals surface area (Å²) in [6.07, 6.45) is 2.91. The van der Waals surface area contributed by atoms with Gasteiger partial charge in [0.1, 0.15) is 0 Å². The van der Waals surface area contributed by atoms with Crippen molar-refractivity contribution < 1.29 is 22.7 Å². The lowest BCUT2D eigenvalue weighted by atomic mass is 10.1. The molecule has 1 aliphatic rings. The Morgan fingerprint density at radius 2 is 1.65 bits per heavy atom. The quantitative estimate of drug-likeness (QED) is 0.671. The van der Waals surface area contributed by atoms with E-state index in [1.165, 1.54) is 0 Å². The van der Waals surface area contributed by atoms with Crippen molar-refractivity contribution in [2.45, 2.75) is 38.0 Å². The number of methoxy groups -OCH3 is 2. The minimum absolute atomic E-state index is 0.0447. The molecule has 2 aromatic carbocycles. The SMILES string of the molecule is COc1ccc(C(C)NC(=O)c2ccc(CS(=O)(=O)N3CCCCC3)cc2)cc1OC. The predicted molar refractivity (Wildman–Crippen MR) is 120 cm³/mol. The zero-order valence-corrected chi connectivity index (χ0v) is 19.1. The summed E-state index contributed by atoms with van der Waals surface area (Å²) >= 11 is 0. The van der Waals surface area contributed by atoms with Gasteiger partial charge in [0.25, 0.3) is 5.91 Å². The average molecular weight is 447 g/mol. The minimum atomic E-state index is -3.33. The Kier molecular flexibility index (Phi) is 7.56. The maximum atomic E-state index is 12.7. The van der Waals surface area contributed by atoms with Crippen molar-refractivity contribution in [1.29, 1.82) is 0 Å². The zero-order chi connectivity index (χ0) is 22.4. The first kappa shape index (κ1) is 23.1. The fraction of sp³-hybridized carbons (Fsp3) is 0.435. The van der Waals surface area contributed by atoms with E-state index in [-0.39, 0.29) is 17.7 Å². The third kappa shape index (κ3) is 5.77. The first-order valence-corrected chi connectivity index (χ1v) is 12.0. The molecule has 0 bridgehead atoms. The second-order valence-corrected chi connectivity index (χ2v) is 9.69. The molecular weight excluding hydrogens is 416 g/mol. The van der Waals surface area contributed by atoms with Crippen LogP contribution >= 0.6 is 0 Å². The third-order valence-electron chi connectivity index (χ3n) is 5.53. The lowest BCUT2D eigenvalue weighted by molar-refractivity contribution is 0.0940. The number of rotatable bonds is 8. The van der Waals surface area contributed by atoms with E-state index in [9.17, 15) is 13.2 Å². The number of ether oxygens (including phenoxy) is 2. The summed E-state index contributed by atoms with van der Waals surface area (Å²) in [6.45, 7) is 3.08. The maximum absolute atomic E-state index is 12.7. The van der Waals surface area contributed by atoms with Crippen molar-refractivity contribution in [1.82, 2.24) is 9.62 Å². The van der Waals surface area contributed by atoms with E-state index in [2.05, 4.69) is 5.32 Å². The molecule has 0 aliphatic carbocycles. The van der Waals surface area contributed by atoms with Crippen molar-refractivity contribution in [3.05, 3.63) is 59.2 Å². The molecule has 1 aliphatic heterocycles. The van der Waals surface area contributed by atoms with Crippen LogP contribution in [0, 0.1) is 0 Å². The highest BCUT2D eigenvalue weighted by atomic mass is 32.2. The molecule has 0 aromatic heterocycles. The Bertz CT molecular complexity index is 999. The molecule has 7 nitrogen and oxygen atoms in total. The van der Waals surface area contributed by atoms with Gasteiger partial charge in [0, 0.05) is 18.7 Å². The number of nitrogens with zero attached hydrogens (tertiary/aromatic N) is 1. The zero-order valence-electron chi connectivity index (χ0n) is 18.3. The lowest BCUT2D eigenvalue weighted by Gasteiger charge is -2.25. The molecular formula is C23H30N2O5S. The van der Waals surface area contributed by atoms with Crippen LogP contribution in [0.1, 0.15) is 53.7 Å². The summed E-state index contributed by atoms with van der Waals surface area (Å²) in [5.74, 6) is 0.949. The number of piperidine rings is 1. The number of benzene rings is 2. The van der Waals surface area contributed by atoms with Gasteiger partial charge in [-0.05, 0) is 55.2 Å².